The molecule has 0 atom stereocenters. The minimum absolute atomic E-state index is 0. The number of hydrogen-bond donors (Lipinski definition) is 1. The number of nitrogens with zero attached hydrogens (tertiary/aromatic N) is 2. The summed E-state index contributed by atoms with van der Waals surface area (Å²) in [5.41, 5.74) is 6.59. The Morgan fingerprint density at radius 2 is 1.68 bits per heavy atom. The lowest BCUT2D eigenvalue weighted by Gasteiger charge is -2.24. The molecule has 0 saturated heterocycles. The molecule has 0 unspecified atom stereocenters. The Morgan fingerprint density at radius 3 is 2.16 bits per heavy atom. The van der Waals surface area contributed by atoms with Gasteiger partial charge in [0.2, 0.25) is 0 Å². The summed E-state index contributed by atoms with van der Waals surface area (Å²) in [6, 6.07) is 9.82. The van der Waals surface area contributed by atoms with Crippen molar-refractivity contribution < 1.29 is 8.42 Å². The van der Waals surface area contributed by atoms with Crippen molar-refractivity contribution in [1.82, 2.24) is 8.61 Å². The molecule has 0 aromatic heterocycles. The van der Waals surface area contributed by atoms with Gasteiger partial charge in [-0.15, -0.1) is 12.4 Å². The van der Waals surface area contributed by atoms with E-state index >= 15 is 0 Å². The SMILES string of the molecule is CN(C)S(=O)(=O)N(CCN)CCc1ccccc1.Cl. The topological polar surface area (TPSA) is 66.6 Å². The van der Waals surface area contributed by atoms with E-state index in [1.54, 1.807) is 0 Å². The van der Waals surface area contributed by atoms with Crippen LogP contribution in [0.15, 0.2) is 30.3 Å². The molecule has 0 heterocycles. The predicted molar refractivity (Wildman–Crippen MR) is 80.6 cm³/mol. The highest BCUT2D eigenvalue weighted by atomic mass is 35.5. The third kappa shape index (κ3) is 5.46. The van der Waals surface area contributed by atoms with Crippen LogP contribution in [0.2, 0.25) is 0 Å². The van der Waals surface area contributed by atoms with Crippen LogP contribution in [-0.2, 0) is 16.6 Å². The van der Waals surface area contributed by atoms with Crippen molar-refractivity contribution in [2.24, 2.45) is 5.73 Å². The zero-order valence-electron chi connectivity index (χ0n) is 11.3. The van der Waals surface area contributed by atoms with Gasteiger partial charge >= 0.3 is 0 Å². The molecule has 0 fully saturated rings. The first-order chi connectivity index (χ1) is 8.48. The fourth-order valence-corrected chi connectivity index (χ4v) is 2.74. The molecule has 1 rings (SSSR count). The molecular weight excluding hydrogens is 286 g/mol. The van der Waals surface area contributed by atoms with E-state index in [9.17, 15) is 8.42 Å². The van der Waals surface area contributed by atoms with Gasteiger partial charge in [0.25, 0.3) is 10.2 Å². The standard InChI is InChI=1S/C12H21N3O2S.ClH/c1-14(2)18(16,17)15(11-9-13)10-8-12-6-4-3-5-7-12;/h3-7H,8-11,13H2,1-2H3;1H. The lowest BCUT2D eigenvalue weighted by atomic mass is 10.1. The third-order valence-electron chi connectivity index (χ3n) is 2.66. The van der Waals surface area contributed by atoms with Gasteiger partial charge in [-0.1, -0.05) is 30.3 Å². The fraction of sp³-hybridized carbons (Fsp3) is 0.500. The van der Waals surface area contributed by atoms with E-state index in [2.05, 4.69) is 0 Å². The first-order valence-corrected chi connectivity index (χ1v) is 7.29. The molecule has 0 aliphatic heterocycles. The largest absolute Gasteiger partial charge is 0.329 e. The maximum Gasteiger partial charge on any atom is 0.281 e. The molecule has 0 bridgehead atoms. The van der Waals surface area contributed by atoms with Crippen LogP contribution in [-0.4, -0.2) is 50.8 Å². The van der Waals surface area contributed by atoms with Crippen molar-refractivity contribution in [2.75, 3.05) is 33.7 Å². The van der Waals surface area contributed by atoms with Gasteiger partial charge in [-0.05, 0) is 12.0 Å². The molecule has 0 saturated carbocycles. The number of rotatable bonds is 7. The Labute approximate surface area is 122 Å². The number of benzene rings is 1. The highest BCUT2D eigenvalue weighted by molar-refractivity contribution is 7.86. The maximum absolute atomic E-state index is 12.0. The van der Waals surface area contributed by atoms with Gasteiger partial charge in [-0.2, -0.15) is 17.0 Å². The van der Waals surface area contributed by atoms with Crippen LogP contribution in [0.25, 0.3) is 0 Å². The summed E-state index contributed by atoms with van der Waals surface area (Å²) < 4.78 is 26.7. The number of hydrogen-bond acceptors (Lipinski definition) is 3. The highest BCUT2D eigenvalue weighted by Crippen LogP contribution is 2.07. The van der Waals surface area contributed by atoms with Crippen LogP contribution in [0.4, 0.5) is 0 Å². The van der Waals surface area contributed by atoms with E-state index in [0.29, 0.717) is 26.1 Å². The van der Waals surface area contributed by atoms with Gasteiger partial charge in [0, 0.05) is 33.7 Å². The number of halogens is 1. The lowest BCUT2D eigenvalue weighted by molar-refractivity contribution is 0.382. The molecular formula is C12H22ClN3O2S. The molecule has 5 nitrogen and oxygen atoms in total. The molecule has 0 aliphatic rings. The van der Waals surface area contributed by atoms with E-state index in [1.807, 2.05) is 30.3 Å². The van der Waals surface area contributed by atoms with E-state index in [-0.39, 0.29) is 12.4 Å². The summed E-state index contributed by atoms with van der Waals surface area (Å²) in [4.78, 5) is 0. The highest BCUT2D eigenvalue weighted by Gasteiger charge is 2.23. The molecule has 7 heteroatoms. The first-order valence-electron chi connectivity index (χ1n) is 5.90. The van der Waals surface area contributed by atoms with Crippen molar-refractivity contribution in [3.63, 3.8) is 0 Å². The number of nitrogens with two attached hydrogens (primary N) is 1. The van der Waals surface area contributed by atoms with Gasteiger partial charge < -0.3 is 5.73 Å². The smallest absolute Gasteiger partial charge is 0.281 e. The monoisotopic (exact) mass is 307 g/mol. The van der Waals surface area contributed by atoms with E-state index < -0.39 is 10.2 Å². The van der Waals surface area contributed by atoms with Gasteiger partial charge in [0.15, 0.2) is 0 Å². The lowest BCUT2D eigenvalue weighted by Crippen LogP contribution is -2.43. The van der Waals surface area contributed by atoms with Crippen molar-refractivity contribution >= 4 is 22.6 Å². The van der Waals surface area contributed by atoms with Crippen molar-refractivity contribution in [3.8, 4) is 0 Å². The van der Waals surface area contributed by atoms with Crippen LogP contribution < -0.4 is 5.73 Å². The zero-order chi connectivity index (χ0) is 13.6. The van der Waals surface area contributed by atoms with Gasteiger partial charge in [0.05, 0.1) is 0 Å². The second kappa shape index (κ2) is 8.50. The van der Waals surface area contributed by atoms with Crippen molar-refractivity contribution in [1.29, 1.82) is 0 Å². The summed E-state index contributed by atoms with van der Waals surface area (Å²) in [6.07, 6.45) is 0.688. The average molecular weight is 308 g/mol. The van der Waals surface area contributed by atoms with Gasteiger partial charge in [-0.25, -0.2) is 0 Å². The summed E-state index contributed by atoms with van der Waals surface area (Å²) in [5, 5.41) is 0. The second-order valence-electron chi connectivity index (χ2n) is 4.21. The molecule has 19 heavy (non-hydrogen) atoms. The molecule has 0 spiro atoms. The van der Waals surface area contributed by atoms with Crippen molar-refractivity contribution in [2.45, 2.75) is 6.42 Å². The Hall–Kier alpha value is -0.660. The summed E-state index contributed by atoms with van der Waals surface area (Å²) in [5.74, 6) is 0. The van der Waals surface area contributed by atoms with Gasteiger partial charge in [0.1, 0.15) is 0 Å². The quantitative estimate of drug-likeness (QED) is 0.807. The third-order valence-corrected chi connectivity index (χ3v) is 4.60. The zero-order valence-corrected chi connectivity index (χ0v) is 13.0. The summed E-state index contributed by atoms with van der Waals surface area (Å²) in [6.45, 7) is 1.11. The first kappa shape index (κ1) is 18.3. The Kier molecular flexibility index (Phi) is 8.20. The van der Waals surface area contributed by atoms with E-state index in [4.69, 9.17) is 5.73 Å². The Balaban J connectivity index is 0.00000324. The summed E-state index contributed by atoms with van der Waals surface area (Å²) >= 11 is 0. The fourth-order valence-electron chi connectivity index (χ4n) is 1.62. The van der Waals surface area contributed by atoms with E-state index in [1.165, 1.54) is 22.7 Å². The molecule has 0 amide bonds. The molecule has 2 N–H and O–H groups in total. The van der Waals surface area contributed by atoms with E-state index in [0.717, 1.165) is 5.56 Å². The molecule has 0 radical (unpaired) electrons. The Morgan fingerprint density at radius 1 is 1.11 bits per heavy atom. The Bertz CT molecular complexity index is 451. The van der Waals surface area contributed by atoms with Crippen LogP contribution in [0.5, 0.6) is 0 Å². The minimum atomic E-state index is -3.38. The molecule has 1 aromatic rings. The summed E-state index contributed by atoms with van der Waals surface area (Å²) in [7, 11) is -0.326. The predicted octanol–water partition coefficient (Wildman–Crippen LogP) is 0.718. The van der Waals surface area contributed by atoms with Crippen LogP contribution in [0.1, 0.15) is 5.56 Å². The van der Waals surface area contributed by atoms with Crippen LogP contribution in [0.3, 0.4) is 0 Å². The van der Waals surface area contributed by atoms with Gasteiger partial charge in [-0.3, -0.25) is 0 Å². The molecule has 0 aliphatic carbocycles. The van der Waals surface area contributed by atoms with Crippen LogP contribution >= 0.6 is 12.4 Å². The normalized spacial score (nSPS) is 11.6. The molecule has 1 aromatic carbocycles. The minimum Gasteiger partial charge on any atom is -0.329 e. The maximum atomic E-state index is 12.0. The average Bonchev–Trinajstić information content (AvgIpc) is 2.35. The van der Waals surface area contributed by atoms with Crippen molar-refractivity contribution in [3.05, 3.63) is 35.9 Å². The molecule has 110 valence electrons. The van der Waals surface area contributed by atoms with Crippen LogP contribution in [0, 0.1) is 0 Å². The second-order valence-corrected chi connectivity index (χ2v) is 6.36.